The number of rotatable bonds is 6. The third-order valence-electron chi connectivity index (χ3n) is 5.01. The highest BCUT2D eigenvalue weighted by Crippen LogP contribution is 2.28. The summed E-state index contributed by atoms with van der Waals surface area (Å²) in [5, 5.41) is 4.72. The van der Waals surface area contributed by atoms with Crippen LogP contribution in [0.5, 0.6) is 5.75 Å². The molecular formula is C24H19BrN2O5. The fraction of sp³-hybridized carbons (Fsp3) is 0.125. The van der Waals surface area contributed by atoms with Crippen molar-refractivity contribution in [2.45, 2.75) is 6.61 Å². The minimum absolute atomic E-state index is 0.0482. The smallest absolute Gasteiger partial charge is 0.329 e. The molecule has 1 fully saturated rings. The van der Waals surface area contributed by atoms with Gasteiger partial charge in [-0.1, -0.05) is 58.4 Å². The molecule has 1 aliphatic rings. The number of carbonyl (C=O) groups excluding carboxylic acids is 3. The number of amides is 3. The first-order valence-electron chi connectivity index (χ1n) is 9.76. The van der Waals surface area contributed by atoms with Crippen LogP contribution in [-0.4, -0.2) is 36.5 Å². The SMILES string of the molecule is COC(=O)CN1C(=O)NC(=Cc2cc(Br)ccc2OCc2cccc3ccccc23)C1=O. The van der Waals surface area contributed by atoms with E-state index in [0.717, 1.165) is 25.7 Å². The normalized spacial score (nSPS) is 14.7. The zero-order chi connectivity index (χ0) is 22.7. The lowest BCUT2D eigenvalue weighted by atomic mass is 10.1. The number of carbonyl (C=O) groups is 3. The monoisotopic (exact) mass is 494 g/mol. The molecule has 0 unspecified atom stereocenters. The maximum Gasteiger partial charge on any atom is 0.329 e. The first-order chi connectivity index (χ1) is 15.5. The number of nitrogens with one attached hydrogen (secondary N) is 1. The number of hydrogen-bond donors (Lipinski definition) is 1. The van der Waals surface area contributed by atoms with Gasteiger partial charge in [0.1, 0.15) is 24.6 Å². The number of ether oxygens (including phenoxy) is 2. The van der Waals surface area contributed by atoms with E-state index in [1.807, 2.05) is 48.5 Å². The van der Waals surface area contributed by atoms with E-state index in [1.165, 1.54) is 13.2 Å². The van der Waals surface area contributed by atoms with Gasteiger partial charge in [0.05, 0.1) is 7.11 Å². The molecule has 1 heterocycles. The number of nitrogens with zero attached hydrogens (tertiary/aromatic N) is 1. The molecule has 0 aliphatic carbocycles. The number of hydrogen-bond acceptors (Lipinski definition) is 5. The van der Waals surface area contributed by atoms with Crippen LogP contribution < -0.4 is 10.1 Å². The Morgan fingerprint density at radius 2 is 1.88 bits per heavy atom. The molecule has 0 radical (unpaired) electrons. The van der Waals surface area contributed by atoms with Gasteiger partial charge >= 0.3 is 12.0 Å². The second-order valence-corrected chi connectivity index (χ2v) is 7.98. The lowest BCUT2D eigenvalue weighted by molar-refractivity contribution is -0.143. The average molecular weight is 495 g/mol. The van der Waals surface area contributed by atoms with Gasteiger partial charge in [-0.2, -0.15) is 0 Å². The van der Waals surface area contributed by atoms with Gasteiger partial charge < -0.3 is 14.8 Å². The predicted molar refractivity (Wildman–Crippen MR) is 123 cm³/mol. The number of methoxy groups -OCH3 is 1. The van der Waals surface area contributed by atoms with Crippen molar-refractivity contribution >= 4 is 50.7 Å². The van der Waals surface area contributed by atoms with Crippen LogP contribution in [0.25, 0.3) is 16.8 Å². The van der Waals surface area contributed by atoms with Crippen LogP contribution in [0, 0.1) is 0 Å². The summed E-state index contributed by atoms with van der Waals surface area (Å²) in [6.07, 6.45) is 1.53. The molecule has 0 atom stereocenters. The second-order valence-electron chi connectivity index (χ2n) is 7.06. The second kappa shape index (κ2) is 9.23. The van der Waals surface area contributed by atoms with Crippen LogP contribution in [0.1, 0.15) is 11.1 Å². The van der Waals surface area contributed by atoms with Crippen molar-refractivity contribution < 1.29 is 23.9 Å². The number of fused-ring (bicyclic) bond motifs is 1. The fourth-order valence-electron chi connectivity index (χ4n) is 3.40. The molecule has 4 rings (SSSR count). The summed E-state index contributed by atoms with van der Waals surface area (Å²) in [7, 11) is 1.19. The van der Waals surface area contributed by atoms with Crippen molar-refractivity contribution in [2.24, 2.45) is 0 Å². The quantitative estimate of drug-likeness (QED) is 0.314. The molecule has 32 heavy (non-hydrogen) atoms. The van der Waals surface area contributed by atoms with E-state index in [9.17, 15) is 14.4 Å². The largest absolute Gasteiger partial charge is 0.488 e. The van der Waals surface area contributed by atoms with Crippen LogP contribution in [-0.2, 0) is 20.9 Å². The summed E-state index contributed by atoms with van der Waals surface area (Å²) >= 11 is 3.43. The van der Waals surface area contributed by atoms with Gasteiger partial charge in [0.2, 0.25) is 0 Å². The number of esters is 1. The Kier molecular flexibility index (Phi) is 6.23. The van der Waals surface area contributed by atoms with Crippen molar-refractivity contribution in [1.82, 2.24) is 10.2 Å². The Hall–Kier alpha value is -3.65. The molecule has 162 valence electrons. The molecule has 0 aromatic heterocycles. The summed E-state index contributed by atoms with van der Waals surface area (Å²) in [6.45, 7) is -0.130. The Balaban J connectivity index is 1.59. The van der Waals surface area contributed by atoms with Crippen molar-refractivity contribution in [1.29, 1.82) is 0 Å². The lowest BCUT2D eigenvalue weighted by Crippen LogP contribution is -2.36. The Morgan fingerprint density at radius 3 is 2.69 bits per heavy atom. The standard InChI is InChI=1S/C24H19BrN2O5/c1-31-22(28)13-27-23(29)20(26-24(27)30)12-17-11-18(25)9-10-21(17)32-14-16-7-4-6-15-5-2-3-8-19(15)16/h2-12H,13-14H2,1H3,(H,26,30). The molecule has 8 heteroatoms. The molecule has 1 N–H and O–H groups in total. The molecule has 0 spiro atoms. The summed E-state index contributed by atoms with van der Waals surface area (Å²) in [5.41, 5.74) is 1.68. The molecule has 3 amide bonds. The van der Waals surface area contributed by atoms with Crippen molar-refractivity contribution in [2.75, 3.05) is 13.7 Å². The highest BCUT2D eigenvalue weighted by atomic mass is 79.9. The third-order valence-corrected chi connectivity index (χ3v) is 5.51. The predicted octanol–water partition coefficient (Wildman–Crippen LogP) is 4.25. The van der Waals surface area contributed by atoms with Crippen molar-refractivity contribution in [3.8, 4) is 5.75 Å². The van der Waals surface area contributed by atoms with Crippen LogP contribution in [0.15, 0.2) is 70.8 Å². The number of halogens is 1. The van der Waals surface area contributed by atoms with Crippen molar-refractivity contribution in [3.63, 3.8) is 0 Å². The van der Waals surface area contributed by atoms with Crippen LogP contribution in [0.3, 0.4) is 0 Å². The molecule has 3 aromatic rings. The Labute approximate surface area is 192 Å². The molecule has 3 aromatic carbocycles. The Bertz CT molecular complexity index is 1250. The van der Waals surface area contributed by atoms with Gasteiger partial charge in [-0.05, 0) is 40.6 Å². The third kappa shape index (κ3) is 4.50. The zero-order valence-corrected chi connectivity index (χ0v) is 18.7. The molecule has 0 bridgehead atoms. The number of urea groups is 1. The van der Waals surface area contributed by atoms with Crippen LogP contribution >= 0.6 is 15.9 Å². The first-order valence-corrected chi connectivity index (χ1v) is 10.6. The topological polar surface area (TPSA) is 84.9 Å². The van der Waals surface area contributed by atoms with E-state index in [-0.39, 0.29) is 5.70 Å². The lowest BCUT2D eigenvalue weighted by Gasteiger charge is -2.12. The Morgan fingerprint density at radius 1 is 1.09 bits per heavy atom. The van der Waals surface area contributed by atoms with Gasteiger partial charge in [0.15, 0.2) is 0 Å². The maximum absolute atomic E-state index is 12.6. The maximum atomic E-state index is 12.6. The molecular weight excluding hydrogens is 476 g/mol. The number of imide groups is 1. The van der Waals surface area contributed by atoms with Gasteiger partial charge in [0.25, 0.3) is 5.91 Å². The van der Waals surface area contributed by atoms with Crippen molar-refractivity contribution in [3.05, 3.63) is 82.0 Å². The minimum atomic E-state index is -0.684. The molecule has 1 aliphatic heterocycles. The minimum Gasteiger partial charge on any atom is -0.488 e. The molecule has 7 nitrogen and oxygen atoms in total. The van der Waals surface area contributed by atoms with E-state index in [0.29, 0.717) is 17.9 Å². The zero-order valence-electron chi connectivity index (χ0n) is 17.1. The van der Waals surface area contributed by atoms with Gasteiger partial charge in [-0.3, -0.25) is 9.59 Å². The first kappa shape index (κ1) is 21.6. The summed E-state index contributed by atoms with van der Waals surface area (Å²) < 4.78 is 11.4. The van der Waals surface area contributed by atoms with E-state index in [4.69, 9.17) is 4.74 Å². The van der Waals surface area contributed by atoms with Gasteiger partial charge in [-0.25, -0.2) is 9.69 Å². The highest BCUT2D eigenvalue weighted by molar-refractivity contribution is 9.10. The van der Waals surface area contributed by atoms with Gasteiger partial charge in [-0.15, -0.1) is 0 Å². The van der Waals surface area contributed by atoms with E-state index in [2.05, 4.69) is 26.0 Å². The fourth-order valence-corrected chi connectivity index (χ4v) is 3.78. The summed E-state index contributed by atoms with van der Waals surface area (Å²) in [6, 6.07) is 18.8. The van der Waals surface area contributed by atoms with Gasteiger partial charge in [0, 0.05) is 10.0 Å². The van der Waals surface area contributed by atoms with E-state index in [1.54, 1.807) is 12.1 Å². The van der Waals surface area contributed by atoms with Crippen LogP contribution in [0.2, 0.25) is 0 Å². The van der Waals surface area contributed by atoms with Crippen LogP contribution in [0.4, 0.5) is 4.79 Å². The average Bonchev–Trinajstić information content (AvgIpc) is 3.05. The van der Waals surface area contributed by atoms with E-state index >= 15 is 0 Å². The molecule has 0 saturated carbocycles. The van der Waals surface area contributed by atoms with E-state index < -0.39 is 24.5 Å². The number of benzene rings is 3. The molecule has 1 saturated heterocycles. The highest BCUT2D eigenvalue weighted by Gasteiger charge is 2.35. The summed E-state index contributed by atoms with van der Waals surface area (Å²) in [5.74, 6) is -0.751. The summed E-state index contributed by atoms with van der Waals surface area (Å²) in [4.78, 5) is 37.0.